The number of primary sulfonamides is 1. The van der Waals surface area contributed by atoms with E-state index in [4.69, 9.17) is 9.88 Å². The molecule has 2 aromatic carbocycles. The van der Waals surface area contributed by atoms with E-state index < -0.39 is 21.8 Å². The monoisotopic (exact) mass is 435 g/mol. The Balaban J connectivity index is 1.74. The number of hydrogen-bond donors (Lipinski definition) is 1. The van der Waals surface area contributed by atoms with Gasteiger partial charge in [0.2, 0.25) is 10.0 Å². The molecule has 1 heterocycles. The molecule has 0 aliphatic carbocycles. The van der Waals surface area contributed by atoms with Gasteiger partial charge in [0.25, 0.3) is 0 Å². The van der Waals surface area contributed by atoms with Crippen LogP contribution < -0.4 is 9.88 Å². The van der Waals surface area contributed by atoms with Crippen LogP contribution in [0.5, 0.6) is 5.75 Å². The fourth-order valence-corrected chi connectivity index (χ4v) is 3.01. The van der Waals surface area contributed by atoms with E-state index in [9.17, 15) is 21.6 Å². The van der Waals surface area contributed by atoms with Gasteiger partial charge in [0, 0.05) is 12.6 Å². The van der Waals surface area contributed by atoms with Gasteiger partial charge in [-0.1, -0.05) is 11.8 Å². The summed E-state index contributed by atoms with van der Waals surface area (Å²) in [6, 6.07) is 10.2. The molecule has 0 atom stereocenters. The van der Waals surface area contributed by atoms with Gasteiger partial charge in [0.05, 0.1) is 27.9 Å². The van der Waals surface area contributed by atoms with Gasteiger partial charge in [-0.15, -0.1) is 0 Å². The summed E-state index contributed by atoms with van der Waals surface area (Å²) in [5.74, 6) is 6.11. The predicted molar refractivity (Wildman–Crippen MR) is 103 cm³/mol. The third-order valence-electron chi connectivity index (χ3n) is 4.14. The molecule has 0 aliphatic rings. The molecular formula is C20H16F3N3O3S. The van der Waals surface area contributed by atoms with E-state index in [-0.39, 0.29) is 17.3 Å². The second kappa shape index (κ2) is 8.22. The van der Waals surface area contributed by atoms with E-state index in [2.05, 4.69) is 16.9 Å². The molecular weight excluding hydrogens is 419 g/mol. The number of nitrogens with two attached hydrogens (primary N) is 1. The molecule has 0 saturated heterocycles. The van der Waals surface area contributed by atoms with Crippen molar-refractivity contribution in [2.24, 2.45) is 12.2 Å². The van der Waals surface area contributed by atoms with Crippen LogP contribution >= 0.6 is 0 Å². The summed E-state index contributed by atoms with van der Waals surface area (Å²) >= 11 is 0. The lowest BCUT2D eigenvalue weighted by Gasteiger charge is -2.09. The molecule has 3 aromatic rings. The number of halogens is 3. The first-order chi connectivity index (χ1) is 14.0. The number of sulfonamides is 1. The minimum Gasteiger partial charge on any atom is -0.487 e. The first-order valence-corrected chi connectivity index (χ1v) is 10.0. The smallest absolute Gasteiger partial charge is 0.416 e. The Labute approximate surface area is 171 Å². The Kier molecular flexibility index (Phi) is 5.87. The summed E-state index contributed by atoms with van der Waals surface area (Å²) in [4.78, 5) is -0.0138. The van der Waals surface area contributed by atoms with Gasteiger partial charge in [0.15, 0.2) is 0 Å². The maximum atomic E-state index is 12.6. The van der Waals surface area contributed by atoms with Crippen LogP contribution in [0.25, 0.3) is 0 Å². The molecule has 156 valence electrons. The van der Waals surface area contributed by atoms with Crippen molar-refractivity contribution < 1.29 is 26.3 Å². The number of alkyl halides is 3. The third-order valence-corrected chi connectivity index (χ3v) is 5.07. The van der Waals surface area contributed by atoms with Crippen molar-refractivity contribution in [3.8, 4) is 17.6 Å². The number of benzene rings is 2. The summed E-state index contributed by atoms with van der Waals surface area (Å²) in [5.41, 5.74) is 1.01. The fraction of sp³-hybridized carbons (Fsp3) is 0.150. The highest BCUT2D eigenvalue weighted by atomic mass is 32.2. The van der Waals surface area contributed by atoms with Crippen molar-refractivity contribution in [1.29, 1.82) is 0 Å². The van der Waals surface area contributed by atoms with Crippen molar-refractivity contribution in [1.82, 2.24) is 9.78 Å². The van der Waals surface area contributed by atoms with Crippen LogP contribution in [0.4, 0.5) is 13.2 Å². The third kappa shape index (κ3) is 5.20. The van der Waals surface area contributed by atoms with Gasteiger partial charge >= 0.3 is 6.18 Å². The SMILES string of the molecule is Cn1ncc(C#Cc2ccc(S(N)(=O)=O)cc2)c1COc1ccc(C(F)(F)F)cc1. The molecule has 3 rings (SSSR count). The van der Waals surface area contributed by atoms with E-state index in [1.165, 1.54) is 42.6 Å². The number of nitrogens with zero attached hydrogens (tertiary/aromatic N) is 2. The topological polar surface area (TPSA) is 87.2 Å². The number of aromatic nitrogens is 2. The summed E-state index contributed by atoms with van der Waals surface area (Å²) in [5, 5.41) is 9.18. The second-order valence-electron chi connectivity index (χ2n) is 6.26. The largest absolute Gasteiger partial charge is 0.487 e. The van der Waals surface area contributed by atoms with E-state index in [0.717, 1.165) is 12.1 Å². The zero-order valence-corrected chi connectivity index (χ0v) is 16.5. The average Bonchev–Trinajstić information content (AvgIpc) is 3.03. The van der Waals surface area contributed by atoms with Crippen molar-refractivity contribution >= 4 is 10.0 Å². The number of ether oxygens (including phenoxy) is 1. The Morgan fingerprint density at radius 1 is 1.07 bits per heavy atom. The normalized spacial score (nSPS) is 11.6. The summed E-state index contributed by atoms with van der Waals surface area (Å²) in [7, 11) is -2.08. The Morgan fingerprint density at radius 3 is 2.27 bits per heavy atom. The minimum absolute atomic E-state index is 0.0138. The van der Waals surface area contributed by atoms with Crippen LogP contribution in [0.2, 0.25) is 0 Å². The molecule has 0 spiro atoms. The standard InChI is InChI=1S/C20H16F3N3O3S/c1-26-19(13-29-17-8-6-16(7-9-17)20(21,22)23)15(12-25-26)5-2-14-3-10-18(11-4-14)30(24,27)28/h3-4,6-12H,13H2,1H3,(H2,24,27,28). The van der Waals surface area contributed by atoms with Crippen molar-refractivity contribution in [2.75, 3.05) is 0 Å². The molecule has 0 saturated carbocycles. The highest BCUT2D eigenvalue weighted by molar-refractivity contribution is 7.89. The number of hydrogen-bond acceptors (Lipinski definition) is 4. The van der Waals surface area contributed by atoms with Crippen molar-refractivity contribution in [3.63, 3.8) is 0 Å². The van der Waals surface area contributed by atoms with Gasteiger partial charge in [-0.25, -0.2) is 13.6 Å². The van der Waals surface area contributed by atoms with E-state index in [1.807, 2.05) is 0 Å². The first-order valence-electron chi connectivity index (χ1n) is 8.50. The van der Waals surface area contributed by atoms with Crippen LogP contribution in [0.3, 0.4) is 0 Å². The molecule has 6 nitrogen and oxygen atoms in total. The van der Waals surface area contributed by atoms with E-state index >= 15 is 0 Å². The molecule has 30 heavy (non-hydrogen) atoms. The zero-order valence-electron chi connectivity index (χ0n) is 15.6. The van der Waals surface area contributed by atoms with Crippen LogP contribution in [0.1, 0.15) is 22.4 Å². The van der Waals surface area contributed by atoms with Crippen LogP contribution in [-0.2, 0) is 29.9 Å². The molecule has 10 heteroatoms. The van der Waals surface area contributed by atoms with Gasteiger partial charge in [0.1, 0.15) is 12.4 Å². The molecule has 0 aliphatic heterocycles. The Bertz CT molecular complexity index is 1200. The summed E-state index contributed by atoms with van der Waals surface area (Å²) in [6.07, 6.45) is -2.87. The molecule has 1 aromatic heterocycles. The molecule has 0 bridgehead atoms. The van der Waals surface area contributed by atoms with Crippen LogP contribution in [0, 0.1) is 11.8 Å². The fourth-order valence-electron chi connectivity index (χ4n) is 2.50. The number of rotatable bonds is 4. The maximum absolute atomic E-state index is 12.6. The Morgan fingerprint density at radius 2 is 1.70 bits per heavy atom. The van der Waals surface area contributed by atoms with Gasteiger partial charge < -0.3 is 4.74 Å². The minimum atomic E-state index is -4.41. The van der Waals surface area contributed by atoms with Gasteiger partial charge in [-0.2, -0.15) is 18.3 Å². The predicted octanol–water partition coefficient (Wildman–Crippen LogP) is 3.07. The molecule has 0 amide bonds. The molecule has 0 unspecified atom stereocenters. The van der Waals surface area contributed by atoms with Crippen LogP contribution in [-0.4, -0.2) is 18.2 Å². The van der Waals surface area contributed by atoms with E-state index in [0.29, 0.717) is 16.8 Å². The van der Waals surface area contributed by atoms with Crippen molar-refractivity contribution in [2.45, 2.75) is 17.7 Å². The number of aryl methyl sites for hydroxylation is 1. The quantitative estimate of drug-likeness (QED) is 0.638. The zero-order chi connectivity index (χ0) is 21.9. The first kappa shape index (κ1) is 21.4. The van der Waals surface area contributed by atoms with Crippen LogP contribution in [0.15, 0.2) is 59.6 Å². The molecule has 2 N–H and O–H groups in total. The van der Waals surface area contributed by atoms with E-state index in [1.54, 1.807) is 11.7 Å². The lowest BCUT2D eigenvalue weighted by Crippen LogP contribution is -2.11. The maximum Gasteiger partial charge on any atom is 0.416 e. The van der Waals surface area contributed by atoms with Gasteiger partial charge in [-0.05, 0) is 48.5 Å². The lowest BCUT2D eigenvalue weighted by atomic mass is 10.2. The highest BCUT2D eigenvalue weighted by Gasteiger charge is 2.30. The summed E-state index contributed by atoms with van der Waals surface area (Å²) < 4.78 is 67.6. The molecule has 0 radical (unpaired) electrons. The highest BCUT2D eigenvalue weighted by Crippen LogP contribution is 2.30. The second-order valence-corrected chi connectivity index (χ2v) is 7.82. The Hall–Kier alpha value is -3.29. The molecule has 0 fully saturated rings. The summed E-state index contributed by atoms with van der Waals surface area (Å²) in [6.45, 7) is 0.0518. The van der Waals surface area contributed by atoms with Crippen molar-refractivity contribution in [3.05, 3.63) is 77.1 Å². The van der Waals surface area contributed by atoms with Gasteiger partial charge in [-0.3, -0.25) is 4.68 Å². The lowest BCUT2D eigenvalue weighted by molar-refractivity contribution is -0.137. The average molecular weight is 435 g/mol.